The van der Waals surface area contributed by atoms with E-state index in [1.54, 1.807) is 54.6 Å². The largest absolute Gasteiger partial charge is 0.484 e. The Morgan fingerprint density at radius 1 is 0.969 bits per heavy atom. The lowest BCUT2D eigenvalue weighted by Crippen LogP contribution is -2.34. The maximum atomic E-state index is 12.3. The van der Waals surface area contributed by atoms with Crippen LogP contribution < -0.4 is 26.4 Å². The third kappa shape index (κ3) is 5.89. The summed E-state index contributed by atoms with van der Waals surface area (Å²) in [4.78, 5) is 42.6. The molecule has 0 atom stereocenters. The highest BCUT2D eigenvalue weighted by molar-refractivity contribution is 9.10. The van der Waals surface area contributed by atoms with Gasteiger partial charge in [-0.15, -0.1) is 0 Å². The van der Waals surface area contributed by atoms with Gasteiger partial charge in [0.1, 0.15) is 12.1 Å². The highest BCUT2D eigenvalue weighted by Crippen LogP contribution is 2.27. The van der Waals surface area contributed by atoms with Gasteiger partial charge in [-0.25, -0.2) is 9.97 Å². The first kappa shape index (κ1) is 22.4. The molecule has 164 valence electrons. The van der Waals surface area contributed by atoms with Crippen LogP contribution in [0.2, 0.25) is 0 Å². The molecule has 4 N–H and O–H groups in total. The maximum Gasteiger partial charge on any atom is 0.356 e. The van der Waals surface area contributed by atoms with Gasteiger partial charge in [-0.3, -0.25) is 41.4 Å². The Balaban J connectivity index is 1.64. The predicted molar refractivity (Wildman–Crippen MR) is 118 cm³/mol. The average molecular weight is 502 g/mol. The van der Waals surface area contributed by atoms with Crippen LogP contribution in [-0.4, -0.2) is 33.3 Å². The van der Waals surface area contributed by atoms with Crippen LogP contribution in [-0.2, 0) is 4.79 Å². The second kappa shape index (κ2) is 10.7. The van der Waals surface area contributed by atoms with Crippen molar-refractivity contribution >= 4 is 45.1 Å². The van der Waals surface area contributed by atoms with Gasteiger partial charge in [0.2, 0.25) is 11.6 Å². The highest BCUT2D eigenvalue weighted by atomic mass is 79.9. The van der Waals surface area contributed by atoms with Crippen LogP contribution in [0.3, 0.4) is 0 Å². The van der Waals surface area contributed by atoms with Crippen LogP contribution in [0.1, 0.15) is 10.4 Å². The molecule has 13 heteroatoms. The van der Waals surface area contributed by atoms with E-state index in [2.05, 4.69) is 47.6 Å². The minimum Gasteiger partial charge on any atom is -0.484 e. The summed E-state index contributed by atoms with van der Waals surface area (Å²) in [6.45, 7) is -0.330. The first-order valence-electron chi connectivity index (χ1n) is 8.98. The van der Waals surface area contributed by atoms with Gasteiger partial charge in [-0.2, -0.15) is 0 Å². The van der Waals surface area contributed by atoms with E-state index in [4.69, 9.17) is 4.74 Å². The maximum absolute atomic E-state index is 12.3. The van der Waals surface area contributed by atoms with E-state index in [-0.39, 0.29) is 18.2 Å². The van der Waals surface area contributed by atoms with Gasteiger partial charge in [-0.05, 0) is 40.2 Å². The highest BCUT2D eigenvalue weighted by Gasteiger charge is 2.24. The third-order valence-corrected chi connectivity index (χ3v) is 4.54. The number of nitrogens with one attached hydrogen (secondary N) is 4. The number of nitrogens with zero attached hydrogens (tertiary/aromatic N) is 3. The molecule has 3 aromatic rings. The summed E-state index contributed by atoms with van der Waals surface area (Å²) in [5, 5.41) is 11.6. The van der Waals surface area contributed by atoms with Crippen molar-refractivity contribution in [2.75, 3.05) is 17.5 Å². The van der Waals surface area contributed by atoms with Crippen molar-refractivity contribution in [3.8, 4) is 5.75 Å². The third-order valence-electron chi connectivity index (χ3n) is 3.85. The molecule has 0 unspecified atom stereocenters. The lowest BCUT2D eigenvalue weighted by Gasteiger charge is -2.12. The number of aromatic nitrogens is 2. The number of hydrogen-bond donors (Lipinski definition) is 4. The van der Waals surface area contributed by atoms with Crippen molar-refractivity contribution in [1.82, 2.24) is 20.8 Å². The number of hydrazine groups is 2. The summed E-state index contributed by atoms with van der Waals surface area (Å²) in [5.74, 6) is -1.24. The predicted octanol–water partition coefficient (Wildman–Crippen LogP) is 2.43. The number of carbonyl (C=O) groups is 2. The monoisotopic (exact) mass is 501 g/mol. The van der Waals surface area contributed by atoms with Crippen LogP contribution in [0, 0.1) is 10.1 Å². The van der Waals surface area contributed by atoms with Crippen LogP contribution in [0.15, 0.2) is 65.4 Å². The number of benzene rings is 2. The topological polar surface area (TPSA) is 160 Å². The number of carbonyl (C=O) groups excluding carboxylic acids is 2. The lowest BCUT2D eigenvalue weighted by atomic mass is 10.2. The fraction of sp³-hybridized carbons (Fsp3) is 0.0526. The molecule has 0 radical (unpaired) electrons. The van der Waals surface area contributed by atoms with Gasteiger partial charge in [0.25, 0.3) is 11.8 Å². The van der Waals surface area contributed by atoms with Crippen LogP contribution in [0.4, 0.5) is 17.3 Å². The normalized spacial score (nSPS) is 10.0. The van der Waals surface area contributed by atoms with Crippen LogP contribution in [0.25, 0.3) is 0 Å². The molecule has 2 aromatic carbocycles. The molecule has 32 heavy (non-hydrogen) atoms. The number of halogens is 1. The minimum absolute atomic E-state index is 0.289. The van der Waals surface area contributed by atoms with E-state index in [0.717, 1.165) is 6.33 Å². The molecule has 0 saturated heterocycles. The summed E-state index contributed by atoms with van der Waals surface area (Å²) >= 11 is 3.25. The molecular formula is C19H16BrN7O5. The van der Waals surface area contributed by atoms with Gasteiger partial charge >= 0.3 is 5.69 Å². The molecule has 1 heterocycles. The minimum atomic E-state index is -0.762. The summed E-state index contributed by atoms with van der Waals surface area (Å²) in [7, 11) is 0. The first-order chi connectivity index (χ1) is 15.5. The molecule has 0 saturated carbocycles. The quantitative estimate of drug-likeness (QED) is 0.255. The second-order valence-corrected chi connectivity index (χ2v) is 6.86. The van der Waals surface area contributed by atoms with Crippen molar-refractivity contribution in [2.45, 2.75) is 0 Å². The van der Waals surface area contributed by atoms with E-state index in [0.29, 0.717) is 15.8 Å². The zero-order valence-corrected chi connectivity index (χ0v) is 17.8. The molecule has 0 aliphatic rings. The van der Waals surface area contributed by atoms with Crippen molar-refractivity contribution < 1.29 is 19.2 Å². The molecule has 0 bridgehead atoms. The fourth-order valence-corrected chi connectivity index (χ4v) is 2.86. The van der Waals surface area contributed by atoms with Crippen molar-refractivity contribution in [1.29, 1.82) is 0 Å². The molecule has 0 fully saturated rings. The summed E-state index contributed by atoms with van der Waals surface area (Å²) in [6, 6.07) is 15.3. The summed E-state index contributed by atoms with van der Waals surface area (Å²) in [5.41, 5.74) is 9.08. The Morgan fingerprint density at radius 3 is 2.25 bits per heavy atom. The number of amides is 2. The molecule has 12 nitrogen and oxygen atoms in total. The SMILES string of the molecule is O=C(COc1ccccc1)NNc1ncnc(NNC(=O)c2ccccc2Br)c1[N+](=O)[O-]. The second-order valence-electron chi connectivity index (χ2n) is 6.01. The molecule has 3 rings (SSSR count). The zero-order valence-electron chi connectivity index (χ0n) is 16.2. The fourth-order valence-electron chi connectivity index (χ4n) is 2.39. The van der Waals surface area contributed by atoms with Gasteiger partial charge in [0.15, 0.2) is 6.61 Å². The van der Waals surface area contributed by atoms with Crippen LogP contribution >= 0.6 is 15.9 Å². The number of anilines is 2. The van der Waals surface area contributed by atoms with Crippen molar-refractivity contribution in [3.63, 3.8) is 0 Å². The Morgan fingerprint density at radius 2 is 1.59 bits per heavy atom. The number of nitro groups is 1. The Bertz CT molecular complexity index is 1130. The average Bonchev–Trinajstić information content (AvgIpc) is 2.80. The molecular weight excluding hydrogens is 486 g/mol. The van der Waals surface area contributed by atoms with Gasteiger partial charge in [0, 0.05) is 4.47 Å². The van der Waals surface area contributed by atoms with E-state index >= 15 is 0 Å². The lowest BCUT2D eigenvalue weighted by molar-refractivity contribution is -0.383. The Hall–Kier alpha value is -4.26. The van der Waals surface area contributed by atoms with Crippen molar-refractivity contribution in [3.05, 3.63) is 81.1 Å². The first-order valence-corrected chi connectivity index (χ1v) is 9.78. The number of para-hydroxylation sites is 1. The number of hydrogen-bond acceptors (Lipinski definition) is 9. The number of ether oxygens (including phenoxy) is 1. The zero-order chi connectivity index (χ0) is 22.9. The Kier molecular flexibility index (Phi) is 7.48. The molecule has 0 aliphatic heterocycles. The van der Waals surface area contributed by atoms with Gasteiger partial charge in [-0.1, -0.05) is 30.3 Å². The molecule has 1 aromatic heterocycles. The van der Waals surface area contributed by atoms with E-state index < -0.39 is 22.4 Å². The van der Waals surface area contributed by atoms with E-state index in [1.165, 1.54) is 0 Å². The van der Waals surface area contributed by atoms with E-state index in [9.17, 15) is 19.7 Å². The summed E-state index contributed by atoms with van der Waals surface area (Å²) in [6.07, 6.45) is 1.02. The van der Waals surface area contributed by atoms with Crippen molar-refractivity contribution in [2.24, 2.45) is 0 Å². The molecule has 0 aliphatic carbocycles. The molecule has 0 spiro atoms. The van der Waals surface area contributed by atoms with Crippen LogP contribution in [0.5, 0.6) is 5.75 Å². The van der Waals surface area contributed by atoms with Gasteiger partial charge < -0.3 is 4.74 Å². The summed E-state index contributed by atoms with van der Waals surface area (Å²) < 4.78 is 5.83. The smallest absolute Gasteiger partial charge is 0.356 e. The Labute approximate surface area is 189 Å². The standard InChI is InChI=1S/C19H16BrN7O5/c20-14-9-5-4-8-13(14)19(29)26-25-18-16(27(30)31)17(21-11-22-18)24-23-15(28)10-32-12-6-2-1-3-7-12/h1-9,11H,10H2,(H,23,28)(H,26,29)(H2,21,22,24,25). The molecule has 2 amide bonds. The number of rotatable bonds is 9. The van der Waals surface area contributed by atoms with E-state index in [1.807, 2.05) is 0 Å². The van der Waals surface area contributed by atoms with Gasteiger partial charge in [0.05, 0.1) is 10.5 Å².